The fourth-order valence-electron chi connectivity index (χ4n) is 10.3. The molecule has 0 spiro atoms. The lowest BCUT2D eigenvalue weighted by molar-refractivity contribution is -0.178. The van der Waals surface area contributed by atoms with Gasteiger partial charge in [-0.15, -0.1) is 0 Å². The van der Waals surface area contributed by atoms with Gasteiger partial charge >= 0.3 is 17.9 Å². The van der Waals surface area contributed by atoms with Crippen molar-refractivity contribution < 1.29 is 33.7 Å². The van der Waals surface area contributed by atoms with E-state index in [1.165, 1.54) is 250 Å². The number of carbonyl (C=O) groups excluding carboxylic acids is 3. The number of carbonyl (C=O) groups is 3. The molecule has 0 heterocycles. The minimum atomic E-state index is -2.30. The third-order valence-corrected chi connectivity index (χ3v) is 15.3. The molecule has 0 unspecified atom stereocenters. The predicted octanol–water partition coefficient (Wildman–Crippen LogP) is 20.8. The summed E-state index contributed by atoms with van der Waals surface area (Å²) in [6.45, 7) is 14.5. The maximum Gasteiger partial charge on any atom is 0.339 e. The molecule has 0 aliphatic heterocycles. The predicted molar refractivity (Wildman–Crippen MR) is 313 cm³/mol. The third kappa shape index (κ3) is 55.0. The number of ether oxygens (including phenoxy) is 3. The van der Waals surface area contributed by atoms with Gasteiger partial charge in [-0.2, -0.15) is 0 Å². The first-order valence-electron chi connectivity index (χ1n) is 32.7. The quantitative estimate of drug-likeness (QED) is 0.0368. The highest BCUT2D eigenvalue weighted by molar-refractivity contribution is 5.90. The van der Waals surface area contributed by atoms with Gasteiger partial charge in [0.15, 0.2) is 5.60 Å². The van der Waals surface area contributed by atoms with Gasteiger partial charge in [0.1, 0.15) is 0 Å². The standard InChI is InChI=1S/C66H128O7/c1-60(2)52-46-40-34-28-22-16-10-7-13-19-25-31-37-43-49-55-71-63(67)58-66(70,65(69)73-57-51-45-39-33-27-21-15-9-12-18-24-30-36-42-48-54-62(5)6)59-64(68)72-56-50-44-38-32-26-20-14-8-11-17-23-29-35-41-47-53-61(3)4/h60-62,70H,7-59H2,1-6H3. The van der Waals surface area contributed by atoms with Crippen molar-refractivity contribution >= 4 is 17.9 Å². The molecule has 0 saturated carbocycles. The zero-order valence-electron chi connectivity index (χ0n) is 50.1. The molecule has 1 N–H and O–H groups in total. The normalized spacial score (nSPS) is 11.9. The molecule has 0 atom stereocenters. The molecule has 0 fully saturated rings. The molecule has 0 saturated heterocycles. The van der Waals surface area contributed by atoms with Crippen LogP contribution in [-0.2, 0) is 28.6 Å². The molecule has 0 amide bonds. The summed E-state index contributed by atoms with van der Waals surface area (Å²) in [6.07, 6.45) is 59.5. The second-order valence-corrected chi connectivity index (χ2v) is 24.4. The number of hydrogen-bond donors (Lipinski definition) is 1. The van der Waals surface area contributed by atoms with Crippen molar-refractivity contribution in [2.24, 2.45) is 17.8 Å². The van der Waals surface area contributed by atoms with Crippen LogP contribution in [0.1, 0.15) is 363 Å². The van der Waals surface area contributed by atoms with Gasteiger partial charge in [-0.25, -0.2) is 4.79 Å². The van der Waals surface area contributed by atoms with Crippen LogP contribution in [0.25, 0.3) is 0 Å². The van der Waals surface area contributed by atoms with Crippen LogP contribution in [-0.4, -0.2) is 48.4 Å². The number of aliphatic hydroxyl groups is 1. The first-order valence-corrected chi connectivity index (χ1v) is 32.7. The van der Waals surface area contributed by atoms with Crippen molar-refractivity contribution in [3.05, 3.63) is 0 Å². The molecule has 73 heavy (non-hydrogen) atoms. The Morgan fingerprint density at radius 2 is 0.438 bits per heavy atom. The summed E-state index contributed by atoms with van der Waals surface area (Å²) < 4.78 is 16.5. The molecule has 0 rings (SSSR count). The molecule has 0 aliphatic carbocycles. The van der Waals surface area contributed by atoms with Gasteiger partial charge in [-0.05, 0) is 37.0 Å². The van der Waals surface area contributed by atoms with Crippen LogP contribution >= 0.6 is 0 Å². The fraction of sp³-hybridized carbons (Fsp3) is 0.955. The summed E-state index contributed by atoms with van der Waals surface area (Å²) in [5.41, 5.74) is -2.30. The monoisotopic (exact) mass is 1030 g/mol. The van der Waals surface area contributed by atoms with Crippen LogP contribution in [0, 0.1) is 17.8 Å². The first-order chi connectivity index (χ1) is 35.5. The molecule has 0 aromatic heterocycles. The van der Waals surface area contributed by atoms with Crippen LogP contribution < -0.4 is 0 Å². The van der Waals surface area contributed by atoms with Crippen LogP contribution in [0.4, 0.5) is 0 Å². The first kappa shape index (κ1) is 71.4. The average Bonchev–Trinajstić information content (AvgIpc) is 3.34. The van der Waals surface area contributed by atoms with Crippen LogP contribution in [0.3, 0.4) is 0 Å². The molecule has 0 aromatic rings. The molecule has 0 bridgehead atoms. The second kappa shape index (κ2) is 55.1. The van der Waals surface area contributed by atoms with E-state index in [0.717, 1.165) is 69.1 Å². The lowest BCUT2D eigenvalue weighted by atomic mass is 9.95. The number of hydrogen-bond acceptors (Lipinski definition) is 7. The van der Waals surface area contributed by atoms with Gasteiger partial charge in [0.2, 0.25) is 0 Å². The van der Waals surface area contributed by atoms with Crippen LogP contribution in [0.15, 0.2) is 0 Å². The van der Waals surface area contributed by atoms with E-state index < -0.39 is 36.4 Å². The minimum absolute atomic E-state index is 0.153. The van der Waals surface area contributed by atoms with Gasteiger partial charge in [0, 0.05) is 0 Å². The Hall–Kier alpha value is -1.63. The Balaban J connectivity index is 4.42. The summed E-state index contributed by atoms with van der Waals surface area (Å²) in [5, 5.41) is 11.5. The van der Waals surface area contributed by atoms with Crippen molar-refractivity contribution in [1.29, 1.82) is 0 Å². The SMILES string of the molecule is CC(C)CCCCCCCCCCCCCCCCCOC(=O)CC(O)(CC(=O)OCCCCCCCCCCCCCCCCCC(C)C)C(=O)OCCCCCCCCCCCCCCCCCC(C)C. The Labute approximate surface area is 455 Å². The third-order valence-electron chi connectivity index (χ3n) is 15.3. The average molecular weight is 1030 g/mol. The Morgan fingerprint density at radius 1 is 0.274 bits per heavy atom. The molecular weight excluding hydrogens is 905 g/mol. The summed E-state index contributed by atoms with van der Waals surface area (Å²) >= 11 is 0. The zero-order valence-corrected chi connectivity index (χ0v) is 50.1. The number of unbranched alkanes of at least 4 members (excludes halogenated alkanes) is 42. The molecule has 0 aliphatic rings. The largest absolute Gasteiger partial charge is 0.466 e. The molecule has 7 heteroatoms. The highest BCUT2D eigenvalue weighted by Crippen LogP contribution is 2.23. The highest BCUT2D eigenvalue weighted by atomic mass is 16.6. The van der Waals surface area contributed by atoms with Crippen LogP contribution in [0.2, 0.25) is 0 Å². The van der Waals surface area contributed by atoms with Gasteiger partial charge in [-0.3, -0.25) is 9.59 Å². The maximum absolute atomic E-state index is 13.3. The summed E-state index contributed by atoms with van der Waals surface area (Å²) in [7, 11) is 0. The van der Waals surface area contributed by atoms with E-state index in [4.69, 9.17) is 14.2 Å². The van der Waals surface area contributed by atoms with Crippen molar-refractivity contribution in [2.75, 3.05) is 19.8 Å². The smallest absolute Gasteiger partial charge is 0.339 e. The number of rotatable bonds is 59. The Morgan fingerprint density at radius 3 is 0.630 bits per heavy atom. The van der Waals surface area contributed by atoms with E-state index in [1.54, 1.807) is 0 Å². The van der Waals surface area contributed by atoms with Crippen molar-refractivity contribution in [2.45, 2.75) is 368 Å². The van der Waals surface area contributed by atoms with E-state index in [0.29, 0.717) is 6.42 Å². The maximum atomic E-state index is 13.3. The van der Waals surface area contributed by atoms with E-state index in [1.807, 2.05) is 0 Å². The minimum Gasteiger partial charge on any atom is -0.466 e. The van der Waals surface area contributed by atoms with Gasteiger partial charge in [0.05, 0.1) is 32.7 Å². The molecule has 0 aromatic carbocycles. The van der Waals surface area contributed by atoms with Gasteiger partial charge in [0.25, 0.3) is 0 Å². The van der Waals surface area contributed by atoms with Crippen molar-refractivity contribution in [3.63, 3.8) is 0 Å². The van der Waals surface area contributed by atoms with Crippen molar-refractivity contribution in [3.8, 4) is 0 Å². The van der Waals surface area contributed by atoms with E-state index >= 15 is 0 Å². The Bertz CT molecular complexity index is 1110. The van der Waals surface area contributed by atoms with E-state index in [9.17, 15) is 19.5 Å². The summed E-state index contributed by atoms with van der Waals surface area (Å²) in [6, 6.07) is 0. The molecule has 0 radical (unpaired) electrons. The van der Waals surface area contributed by atoms with Crippen molar-refractivity contribution in [1.82, 2.24) is 0 Å². The lowest BCUT2D eigenvalue weighted by Crippen LogP contribution is -2.45. The highest BCUT2D eigenvalue weighted by Gasteiger charge is 2.43. The molecule has 434 valence electrons. The lowest BCUT2D eigenvalue weighted by Gasteiger charge is -2.24. The Kier molecular flexibility index (Phi) is 53.9. The molecular formula is C66H128O7. The number of esters is 3. The zero-order chi connectivity index (χ0) is 53.6. The van der Waals surface area contributed by atoms with Gasteiger partial charge in [-0.1, -0.05) is 330 Å². The second-order valence-electron chi connectivity index (χ2n) is 24.4. The topological polar surface area (TPSA) is 99.1 Å². The van der Waals surface area contributed by atoms with Gasteiger partial charge < -0.3 is 19.3 Å². The summed E-state index contributed by atoms with van der Waals surface area (Å²) in [4.78, 5) is 39.3. The van der Waals surface area contributed by atoms with Crippen LogP contribution in [0.5, 0.6) is 0 Å². The fourth-order valence-corrected chi connectivity index (χ4v) is 10.3. The van der Waals surface area contributed by atoms with E-state index in [2.05, 4.69) is 41.5 Å². The molecule has 7 nitrogen and oxygen atoms in total. The van der Waals surface area contributed by atoms with E-state index in [-0.39, 0.29) is 19.8 Å². The summed E-state index contributed by atoms with van der Waals surface area (Å²) in [5.74, 6) is 0.203.